The van der Waals surface area contributed by atoms with Crippen molar-refractivity contribution >= 4 is 5.70 Å². The minimum Gasteiger partial charge on any atom is -0.379 e. The molecule has 1 aromatic carbocycles. The summed E-state index contributed by atoms with van der Waals surface area (Å²) in [4.78, 5) is 4.93. The molecule has 1 aromatic rings. The highest BCUT2D eigenvalue weighted by Gasteiger charge is 2.49. The molecule has 3 aliphatic rings. The number of ether oxygens (including phenoxy) is 3. The zero-order valence-electron chi connectivity index (χ0n) is 17.2. The van der Waals surface area contributed by atoms with Gasteiger partial charge in [0.05, 0.1) is 37.8 Å². The molecule has 0 bridgehead atoms. The van der Waals surface area contributed by atoms with E-state index in [1.165, 1.54) is 5.70 Å². The summed E-state index contributed by atoms with van der Waals surface area (Å²) in [5.41, 5.74) is 3.12. The summed E-state index contributed by atoms with van der Waals surface area (Å²) in [5, 5.41) is 7.41. The molecule has 2 unspecified atom stereocenters. The molecule has 154 valence electrons. The third kappa shape index (κ3) is 3.65. The van der Waals surface area contributed by atoms with Gasteiger partial charge in [0.2, 0.25) is 0 Å². The van der Waals surface area contributed by atoms with Crippen molar-refractivity contribution in [3.63, 3.8) is 0 Å². The maximum atomic E-state index is 5.89. The molecule has 2 saturated heterocycles. The van der Waals surface area contributed by atoms with Crippen molar-refractivity contribution in [2.75, 3.05) is 59.7 Å². The van der Waals surface area contributed by atoms with Crippen LogP contribution in [0.4, 0.5) is 0 Å². The first-order valence-corrected chi connectivity index (χ1v) is 10.1. The molecular weight excluding hydrogens is 356 g/mol. The standard InChI is InChI=1S/C21H32N4O3/c1-20(25-11-15-28-16-12-25)19(24-9-13-27-14-10-24)18(17-7-5-4-6-8-17)22-21(2,23-20)26-3/h4-8,22-23H,9-16H2,1-3H3. The first-order valence-electron chi connectivity index (χ1n) is 10.1. The Labute approximate surface area is 167 Å². The number of methoxy groups -OCH3 is 1. The van der Waals surface area contributed by atoms with E-state index in [0.717, 1.165) is 63.9 Å². The molecular formula is C21H32N4O3. The van der Waals surface area contributed by atoms with Crippen molar-refractivity contribution in [3.05, 3.63) is 41.6 Å². The lowest BCUT2D eigenvalue weighted by Gasteiger charge is -2.56. The van der Waals surface area contributed by atoms with E-state index >= 15 is 0 Å². The van der Waals surface area contributed by atoms with Crippen LogP contribution in [0.15, 0.2) is 36.0 Å². The van der Waals surface area contributed by atoms with Crippen LogP contribution in [0.5, 0.6) is 0 Å². The van der Waals surface area contributed by atoms with Gasteiger partial charge in [-0.1, -0.05) is 30.3 Å². The molecule has 2 fully saturated rings. The monoisotopic (exact) mass is 388 g/mol. The Morgan fingerprint density at radius 3 is 2.14 bits per heavy atom. The van der Waals surface area contributed by atoms with Gasteiger partial charge in [-0.25, -0.2) is 5.32 Å². The Bertz CT molecular complexity index is 701. The molecule has 28 heavy (non-hydrogen) atoms. The molecule has 2 atom stereocenters. The van der Waals surface area contributed by atoms with Crippen LogP contribution in [-0.4, -0.2) is 81.0 Å². The Kier molecular flexibility index (Phi) is 5.62. The number of nitrogens with zero attached hydrogens (tertiary/aromatic N) is 2. The van der Waals surface area contributed by atoms with E-state index in [4.69, 9.17) is 14.2 Å². The average molecular weight is 389 g/mol. The molecule has 7 nitrogen and oxygen atoms in total. The van der Waals surface area contributed by atoms with E-state index in [1.54, 1.807) is 7.11 Å². The van der Waals surface area contributed by atoms with E-state index < -0.39 is 11.5 Å². The Hall–Kier alpha value is -1.64. The third-order valence-corrected chi connectivity index (χ3v) is 5.98. The van der Waals surface area contributed by atoms with Crippen LogP contribution in [0.2, 0.25) is 0 Å². The topological polar surface area (TPSA) is 58.2 Å². The summed E-state index contributed by atoms with van der Waals surface area (Å²) in [6, 6.07) is 10.5. The van der Waals surface area contributed by atoms with Gasteiger partial charge in [-0.2, -0.15) is 0 Å². The van der Waals surface area contributed by atoms with Crippen LogP contribution in [0, 0.1) is 0 Å². The zero-order valence-corrected chi connectivity index (χ0v) is 17.2. The molecule has 0 aliphatic carbocycles. The Morgan fingerprint density at radius 1 is 0.929 bits per heavy atom. The minimum absolute atomic E-state index is 0.400. The molecule has 3 heterocycles. The van der Waals surface area contributed by atoms with E-state index in [-0.39, 0.29) is 0 Å². The van der Waals surface area contributed by atoms with E-state index in [9.17, 15) is 0 Å². The molecule has 0 saturated carbocycles. The fourth-order valence-corrected chi connectivity index (χ4v) is 4.50. The second-order valence-electron chi connectivity index (χ2n) is 7.85. The van der Waals surface area contributed by atoms with Gasteiger partial charge in [-0.05, 0) is 19.4 Å². The fourth-order valence-electron chi connectivity index (χ4n) is 4.50. The van der Waals surface area contributed by atoms with Crippen LogP contribution in [0.1, 0.15) is 19.4 Å². The van der Waals surface area contributed by atoms with Crippen LogP contribution < -0.4 is 10.6 Å². The lowest BCUT2D eigenvalue weighted by molar-refractivity contribution is -0.116. The SMILES string of the molecule is COC1(C)NC(c2ccccc2)=C(N2CCOCC2)C(C)(N2CCOCC2)N1. The molecule has 0 aromatic heterocycles. The van der Waals surface area contributed by atoms with Gasteiger partial charge in [-0.15, -0.1) is 0 Å². The first-order chi connectivity index (χ1) is 13.6. The lowest BCUT2D eigenvalue weighted by atomic mass is 9.93. The van der Waals surface area contributed by atoms with Gasteiger partial charge in [-0.3, -0.25) is 4.90 Å². The molecule has 4 rings (SSSR count). The highest BCUT2D eigenvalue weighted by molar-refractivity contribution is 5.70. The van der Waals surface area contributed by atoms with E-state index in [0.29, 0.717) is 0 Å². The summed E-state index contributed by atoms with van der Waals surface area (Å²) in [6.45, 7) is 10.8. The second kappa shape index (κ2) is 8.00. The number of rotatable bonds is 4. The normalized spacial score (nSPS) is 32.3. The molecule has 0 radical (unpaired) electrons. The lowest BCUT2D eigenvalue weighted by Crippen LogP contribution is -2.75. The van der Waals surface area contributed by atoms with Crippen molar-refractivity contribution in [2.24, 2.45) is 0 Å². The number of hydrogen-bond donors (Lipinski definition) is 2. The fraction of sp³-hybridized carbons (Fsp3) is 0.619. The zero-order chi connectivity index (χ0) is 19.6. The van der Waals surface area contributed by atoms with Crippen molar-refractivity contribution < 1.29 is 14.2 Å². The van der Waals surface area contributed by atoms with Crippen LogP contribution in [-0.2, 0) is 14.2 Å². The quantitative estimate of drug-likeness (QED) is 0.805. The maximum absolute atomic E-state index is 5.89. The van der Waals surface area contributed by atoms with Gasteiger partial charge in [0, 0.05) is 33.3 Å². The summed E-state index contributed by atoms with van der Waals surface area (Å²) >= 11 is 0. The molecule has 0 spiro atoms. The summed E-state index contributed by atoms with van der Waals surface area (Å²) in [6.07, 6.45) is 0. The number of benzene rings is 1. The van der Waals surface area contributed by atoms with E-state index in [1.807, 2.05) is 6.92 Å². The molecule has 3 aliphatic heterocycles. The van der Waals surface area contributed by atoms with Crippen LogP contribution >= 0.6 is 0 Å². The summed E-state index contributed by atoms with van der Waals surface area (Å²) in [7, 11) is 1.74. The summed E-state index contributed by atoms with van der Waals surface area (Å²) < 4.78 is 17.2. The van der Waals surface area contributed by atoms with Crippen LogP contribution in [0.3, 0.4) is 0 Å². The van der Waals surface area contributed by atoms with Gasteiger partial charge in [0.1, 0.15) is 5.66 Å². The van der Waals surface area contributed by atoms with Gasteiger partial charge in [0.25, 0.3) is 0 Å². The van der Waals surface area contributed by atoms with Crippen molar-refractivity contribution in [3.8, 4) is 0 Å². The largest absolute Gasteiger partial charge is 0.379 e. The third-order valence-electron chi connectivity index (χ3n) is 5.98. The Morgan fingerprint density at radius 2 is 1.54 bits per heavy atom. The van der Waals surface area contributed by atoms with Crippen molar-refractivity contribution in [2.45, 2.75) is 25.4 Å². The smallest absolute Gasteiger partial charge is 0.193 e. The second-order valence-corrected chi connectivity index (χ2v) is 7.85. The van der Waals surface area contributed by atoms with Crippen LogP contribution in [0.25, 0.3) is 5.70 Å². The van der Waals surface area contributed by atoms with E-state index in [2.05, 4.69) is 57.7 Å². The Balaban J connectivity index is 1.87. The highest BCUT2D eigenvalue weighted by atomic mass is 16.5. The van der Waals surface area contributed by atoms with Crippen molar-refractivity contribution in [1.82, 2.24) is 20.4 Å². The van der Waals surface area contributed by atoms with Crippen molar-refractivity contribution in [1.29, 1.82) is 0 Å². The summed E-state index contributed by atoms with van der Waals surface area (Å²) in [5.74, 6) is -0.686. The first kappa shape index (κ1) is 19.7. The van der Waals surface area contributed by atoms with Gasteiger partial charge >= 0.3 is 0 Å². The predicted molar refractivity (Wildman–Crippen MR) is 108 cm³/mol. The predicted octanol–water partition coefficient (Wildman–Crippen LogP) is 1.25. The molecule has 2 N–H and O–H groups in total. The maximum Gasteiger partial charge on any atom is 0.193 e. The van der Waals surface area contributed by atoms with Gasteiger partial charge in [0.15, 0.2) is 5.85 Å². The van der Waals surface area contributed by atoms with Gasteiger partial charge < -0.3 is 24.4 Å². The number of hydrogen-bond acceptors (Lipinski definition) is 7. The molecule has 0 amide bonds. The highest BCUT2D eigenvalue weighted by Crippen LogP contribution is 2.37. The number of nitrogens with one attached hydrogen (secondary N) is 2. The number of morpholine rings is 2. The minimum atomic E-state index is -0.686. The average Bonchev–Trinajstić information content (AvgIpc) is 2.75. The molecule has 7 heteroatoms.